The lowest BCUT2D eigenvalue weighted by molar-refractivity contribution is -0.0905. The predicted octanol–water partition coefficient (Wildman–Crippen LogP) is 2.67. The summed E-state index contributed by atoms with van der Waals surface area (Å²) in [6, 6.07) is 0. The van der Waals surface area contributed by atoms with Gasteiger partial charge in [0.05, 0.1) is 19.0 Å². The zero-order chi connectivity index (χ0) is 21.5. The molecule has 0 aliphatic heterocycles. The maximum absolute atomic E-state index is 12.2. The summed E-state index contributed by atoms with van der Waals surface area (Å²) in [4.78, 5) is 11.7. The minimum absolute atomic E-state index is 0.0636. The second-order valence-corrected chi connectivity index (χ2v) is 10.5. The topological polar surface area (TPSA) is 91.4 Å². The van der Waals surface area contributed by atoms with Crippen LogP contribution in [0.2, 0.25) is 0 Å². The summed E-state index contributed by atoms with van der Waals surface area (Å²) in [6.45, 7) is 13.7. The summed E-state index contributed by atoms with van der Waals surface area (Å²) >= 11 is 0. The van der Waals surface area contributed by atoms with Gasteiger partial charge in [-0.2, -0.15) is 4.31 Å². The summed E-state index contributed by atoms with van der Waals surface area (Å²) in [5.74, 6) is 0. The Balaban J connectivity index is 5.20. The zero-order valence-corrected chi connectivity index (χ0v) is 19.0. The molecule has 0 N–H and O–H groups in total. The lowest BCUT2D eigenvalue weighted by Crippen LogP contribution is -2.51. The van der Waals surface area contributed by atoms with Gasteiger partial charge in [0.1, 0.15) is 19.3 Å². The molecule has 0 rings (SSSR count). The van der Waals surface area contributed by atoms with Crippen molar-refractivity contribution in [3.63, 3.8) is 0 Å². The molecule has 8 nitrogen and oxygen atoms in total. The summed E-state index contributed by atoms with van der Waals surface area (Å²) in [6.07, 6.45) is -0.506. The molecule has 0 saturated heterocycles. The number of ether oxygens (including phenoxy) is 4. The van der Waals surface area contributed by atoms with Crippen LogP contribution in [0.5, 0.6) is 0 Å². The molecule has 2 atom stereocenters. The SMILES string of the molecule is COCCOC(=O)OC[C@H](CN(C(C)(C)C)S(C)(=O)=O)O[C@@H](C)C(C)(C)C. The zero-order valence-electron chi connectivity index (χ0n) is 18.2. The van der Waals surface area contributed by atoms with Gasteiger partial charge in [0, 0.05) is 19.2 Å². The average Bonchev–Trinajstić information content (AvgIpc) is 2.46. The van der Waals surface area contributed by atoms with Crippen molar-refractivity contribution in [3.05, 3.63) is 0 Å². The van der Waals surface area contributed by atoms with Crippen LogP contribution in [0.25, 0.3) is 0 Å². The number of rotatable bonds is 10. The summed E-state index contributed by atoms with van der Waals surface area (Å²) in [7, 11) is -1.98. The average molecular weight is 412 g/mol. The van der Waals surface area contributed by atoms with Crippen LogP contribution in [-0.2, 0) is 29.0 Å². The number of carbonyl (C=O) groups excluding carboxylic acids is 1. The monoisotopic (exact) mass is 411 g/mol. The third-order valence-corrected chi connectivity index (χ3v) is 5.53. The van der Waals surface area contributed by atoms with E-state index in [2.05, 4.69) is 0 Å². The number of sulfonamides is 1. The maximum atomic E-state index is 12.2. The van der Waals surface area contributed by atoms with E-state index in [0.717, 1.165) is 6.26 Å². The molecule has 0 aromatic carbocycles. The van der Waals surface area contributed by atoms with Gasteiger partial charge in [0.2, 0.25) is 10.0 Å². The van der Waals surface area contributed by atoms with E-state index < -0.39 is 27.8 Å². The second kappa shape index (κ2) is 10.6. The molecule has 9 heteroatoms. The van der Waals surface area contributed by atoms with Crippen LogP contribution in [0.3, 0.4) is 0 Å². The Bertz CT molecular complexity index is 549. The molecule has 0 amide bonds. The minimum atomic E-state index is -3.48. The van der Waals surface area contributed by atoms with Crippen LogP contribution in [0, 0.1) is 5.41 Å². The van der Waals surface area contributed by atoms with Gasteiger partial charge < -0.3 is 18.9 Å². The number of hydrogen-bond donors (Lipinski definition) is 0. The molecule has 0 bridgehead atoms. The van der Waals surface area contributed by atoms with Crippen molar-refractivity contribution in [3.8, 4) is 0 Å². The third-order valence-electron chi connectivity index (χ3n) is 4.03. The van der Waals surface area contributed by atoms with E-state index in [1.807, 2.05) is 27.7 Å². The fourth-order valence-corrected chi connectivity index (χ4v) is 3.56. The van der Waals surface area contributed by atoms with Gasteiger partial charge in [0.15, 0.2) is 0 Å². The number of carbonyl (C=O) groups is 1. The minimum Gasteiger partial charge on any atom is -0.432 e. The fourth-order valence-electron chi connectivity index (χ4n) is 2.13. The van der Waals surface area contributed by atoms with Crippen molar-refractivity contribution >= 4 is 16.2 Å². The number of methoxy groups -OCH3 is 1. The van der Waals surface area contributed by atoms with E-state index in [1.165, 1.54) is 11.4 Å². The summed E-state index contributed by atoms with van der Waals surface area (Å²) < 4.78 is 46.7. The Morgan fingerprint density at radius 2 is 1.59 bits per heavy atom. The molecule has 0 saturated carbocycles. The first-order chi connectivity index (χ1) is 12.1. The molecule has 27 heavy (non-hydrogen) atoms. The Labute approximate surface area is 164 Å². The molecular formula is C18H37NO7S. The van der Waals surface area contributed by atoms with Crippen LogP contribution in [0.1, 0.15) is 48.5 Å². The van der Waals surface area contributed by atoms with E-state index in [0.29, 0.717) is 0 Å². The highest BCUT2D eigenvalue weighted by Gasteiger charge is 2.34. The fraction of sp³-hybridized carbons (Fsp3) is 0.944. The van der Waals surface area contributed by atoms with E-state index in [4.69, 9.17) is 18.9 Å². The molecule has 0 spiro atoms. The Kier molecular flexibility index (Phi) is 10.2. The molecule has 162 valence electrons. The van der Waals surface area contributed by atoms with Crippen LogP contribution in [-0.4, -0.2) is 76.4 Å². The summed E-state index contributed by atoms with van der Waals surface area (Å²) in [5.41, 5.74) is -0.798. The standard InChI is InChI=1S/C18H37NO7S/c1-14(17(2,3)4)26-15(13-25-16(20)24-11-10-23-8)12-19(18(5,6)7)27(9,21)22/h14-15H,10-13H2,1-9H3/t14-,15-/m0/s1. The highest BCUT2D eigenvalue weighted by atomic mass is 32.2. The molecule has 0 heterocycles. The van der Waals surface area contributed by atoms with Gasteiger partial charge in [0.25, 0.3) is 0 Å². The van der Waals surface area contributed by atoms with Crippen molar-refractivity contribution < 1.29 is 32.2 Å². The van der Waals surface area contributed by atoms with E-state index in [-0.39, 0.29) is 37.9 Å². The molecule has 0 aliphatic carbocycles. The van der Waals surface area contributed by atoms with Gasteiger partial charge >= 0.3 is 6.16 Å². The predicted molar refractivity (Wildman–Crippen MR) is 104 cm³/mol. The highest BCUT2D eigenvalue weighted by Crippen LogP contribution is 2.25. The van der Waals surface area contributed by atoms with Crippen LogP contribution in [0.15, 0.2) is 0 Å². The molecule has 0 fully saturated rings. The van der Waals surface area contributed by atoms with Gasteiger partial charge in [-0.15, -0.1) is 0 Å². The van der Waals surface area contributed by atoms with Crippen LogP contribution >= 0.6 is 0 Å². The number of nitrogens with zero attached hydrogens (tertiary/aromatic N) is 1. The normalized spacial score (nSPS) is 15.5. The molecule has 0 aliphatic rings. The van der Waals surface area contributed by atoms with Crippen LogP contribution in [0.4, 0.5) is 4.79 Å². The van der Waals surface area contributed by atoms with Gasteiger partial charge in [-0.3, -0.25) is 0 Å². The number of hydrogen-bond acceptors (Lipinski definition) is 7. The first-order valence-corrected chi connectivity index (χ1v) is 10.9. The Hall–Kier alpha value is -0.900. The van der Waals surface area contributed by atoms with Crippen LogP contribution < -0.4 is 0 Å². The first-order valence-electron chi connectivity index (χ1n) is 9.00. The van der Waals surface area contributed by atoms with Crippen molar-refractivity contribution in [2.45, 2.75) is 66.2 Å². The van der Waals surface area contributed by atoms with Crippen molar-refractivity contribution in [1.82, 2.24) is 4.31 Å². The molecule has 0 unspecified atom stereocenters. The lowest BCUT2D eigenvalue weighted by atomic mass is 9.90. The van der Waals surface area contributed by atoms with E-state index in [1.54, 1.807) is 20.8 Å². The Morgan fingerprint density at radius 3 is 2.00 bits per heavy atom. The van der Waals surface area contributed by atoms with Crippen molar-refractivity contribution in [2.24, 2.45) is 5.41 Å². The lowest BCUT2D eigenvalue weighted by Gasteiger charge is -2.38. The molecule has 0 aromatic heterocycles. The summed E-state index contributed by atoms with van der Waals surface area (Å²) in [5, 5.41) is 0. The Morgan fingerprint density at radius 1 is 1.04 bits per heavy atom. The molecular weight excluding hydrogens is 374 g/mol. The third kappa shape index (κ3) is 10.9. The largest absolute Gasteiger partial charge is 0.508 e. The second-order valence-electron chi connectivity index (χ2n) is 8.63. The van der Waals surface area contributed by atoms with Gasteiger partial charge in [-0.05, 0) is 33.1 Å². The highest BCUT2D eigenvalue weighted by molar-refractivity contribution is 7.88. The van der Waals surface area contributed by atoms with Gasteiger partial charge in [-0.1, -0.05) is 20.8 Å². The molecule has 0 radical (unpaired) electrons. The van der Waals surface area contributed by atoms with Crippen molar-refractivity contribution in [1.29, 1.82) is 0 Å². The van der Waals surface area contributed by atoms with E-state index >= 15 is 0 Å². The van der Waals surface area contributed by atoms with Crippen molar-refractivity contribution in [2.75, 3.05) is 39.7 Å². The maximum Gasteiger partial charge on any atom is 0.508 e. The van der Waals surface area contributed by atoms with E-state index in [9.17, 15) is 13.2 Å². The van der Waals surface area contributed by atoms with Gasteiger partial charge in [-0.25, -0.2) is 13.2 Å². The quantitative estimate of drug-likeness (QED) is 0.403. The molecule has 0 aromatic rings. The first kappa shape index (κ1) is 26.1. The smallest absolute Gasteiger partial charge is 0.432 e.